The van der Waals surface area contributed by atoms with E-state index in [2.05, 4.69) is 11.8 Å². The number of allylic oxidation sites excluding steroid dienone is 2. The molecule has 0 radical (unpaired) electrons. The van der Waals surface area contributed by atoms with E-state index in [4.69, 9.17) is 0 Å². The van der Waals surface area contributed by atoms with Gasteiger partial charge in [0.05, 0.1) is 0 Å². The van der Waals surface area contributed by atoms with E-state index in [0.29, 0.717) is 6.42 Å². The van der Waals surface area contributed by atoms with Gasteiger partial charge in [0.2, 0.25) is 0 Å². The zero-order valence-electron chi connectivity index (χ0n) is 6.70. The normalized spacial score (nSPS) is 23.7. The van der Waals surface area contributed by atoms with Gasteiger partial charge in [-0.1, -0.05) is 18.8 Å². The summed E-state index contributed by atoms with van der Waals surface area (Å²) >= 11 is 0. The Hall–Kier alpha value is -0.910. The van der Waals surface area contributed by atoms with Gasteiger partial charge >= 0.3 is 6.18 Å². The third-order valence-electron chi connectivity index (χ3n) is 1.79. The highest BCUT2D eigenvalue weighted by Gasteiger charge is 2.33. The quantitative estimate of drug-likeness (QED) is 0.495. The summed E-state index contributed by atoms with van der Waals surface area (Å²) in [6.45, 7) is 1.83. The Kier molecular flexibility index (Phi) is 2.46. The van der Waals surface area contributed by atoms with Gasteiger partial charge in [0.25, 0.3) is 0 Å². The van der Waals surface area contributed by atoms with E-state index in [1.807, 2.05) is 6.92 Å². The van der Waals surface area contributed by atoms with Gasteiger partial charge in [-0.3, -0.25) is 0 Å². The average molecular weight is 174 g/mol. The van der Waals surface area contributed by atoms with Crippen molar-refractivity contribution < 1.29 is 13.2 Å². The van der Waals surface area contributed by atoms with Gasteiger partial charge in [-0.15, -0.1) is 0 Å². The monoisotopic (exact) mass is 174 g/mol. The Labute approximate surface area is 69.5 Å². The van der Waals surface area contributed by atoms with Crippen LogP contribution in [0, 0.1) is 17.8 Å². The fraction of sp³-hybridized carbons (Fsp3) is 0.556. The number of hydrogen-bond acceptors (Lipinski definition) is 0. The zero-order chi connectivity index (χ0) is 9.19. The van der Waals surface area contributed by atoms with Crippen LogP contribution in [0.5, 0.6) is 0 Å². The van der Waals surface area contributed by atoms with Crippen LogP contribution < -0.4 is 0 Å². The van der Waals surface area contributed by atoms with Crippen molar-refractivity contribution in [3.63, 3.8) is 0 Å². The fourth-order valence-electron chi connectivity index (χ4n) is 1.01. The molecule has 0 aromatic rings. The second kappa shape index (κ2) is 3.22. The third kappa shape index (κ3) is 2.30. The first-order valence-electron chi connectivity index (χ1n) is 3.77. The van der Waals surface area contributed by atoms with Crippen LogP contribution in [0.2, 0.25) is 0 Å². The van der Waals surface area contributed by atoms with E-state index in [0.717, 1.165) is 6.08 Å². The maximum atomic E-state index is 12.1. The van der Waals surface area contributed by atoms with Crippen LogP contribution in [0.3, 0.4) is 0 Å². The van der Waals surface area contributed by atoms with Crippen molar-refractivity contribution >= 4 is 0 Å². The Balaban J connectivity index is 2.77. The van der Waals surface area contributed by atoms with Crippen molar-refractivity contribution in [2.75, 3.05) is 0 Å². The molecule has 12 heavy (non-hydrogen) atoms. The molecule has 0 nitrogen and oxygen atoms in total. The van der Waals surface area contributed by atoms with Crippen molar-refractivity contribution in [3.8, 4) is 11.8 Å². The van der Waals surface area contributed by atoms with Gasteiger partial charge in [0.15, 0.2) is 0 Å². The van der Waals surface area contributed by atoms with Gasteiger partial charge < -0.3 is 0 Å². The molecule has 1 unspecified atom stereocenters. The Morgan fingerprint density at radius 1 is 1.50 bits per heavy atom. The average Bonchev–Trinajstić information content (AvgIpc) is 2.11. The van der Waals surface area contributed by atoms with Gasteiger partial charge in [0, 0.05) is 11.5 Å². The Morgan fingerprint density at radius 3 is 2.75 bits per heavy atom. The second-order valence-electron chi connectivity index (χ2n) is 2.90. The van der Waals surface area contributed by atoms with Crippen molar-refractivity contribution in [2.24, 2.45) is 5.92 Å². The van der Waals surface area contributed by atoms with E-state index < -0.39 is 11.7 Å². The predicted octanol–water partition coefficient (Wildman–Crippen LogP) is 2.91. The zero-order valence-corrected chi connectivity index (χ0v) is 6.70. The molecule has 0 saturated carbocycles. The summed E-state index contributed by atoms with van der Waals surface area (Å²) in [6.07, 6.45) is -2.63. The summed E-state index contributed by atoms with van der Waals surface area (Å²) in [5.74, 6) is 5.21. The molecule has 1 rings (SSSR count). The molecule has 0 fully saturated rings. The number of rotatable bonds is 0. The summed E-state index contributed by atoms with van der Waals surface area (Å²) in [6, 6.07) is 0. The van der Waals surface area contributed by atoms with Crippen LogP contribution in [0.4, 0.5) is 13.2 Å². The Bertz CT molecular complexity index is 249. The molecular weight excluding hydrogens is 165 g/mol. The van der Waals surface area contributed by atoms with E-state index in [1.165, 1.54) is 0 Å². The molecule has 0 heterocycles. The minimum Gasteiger partial charge on any atom is -0.166 e. The molecule has 0 aromatic heterocycles. The van der Waals surface area contributed by atoms with Crippen molar-refractivity contribution in [3.05, 3.63) is 11.6 Å². The van der Waals surface area contributed by atoms with Gasteiger partial charge in [-0.05, 0) is 18.9 Å². The molecule has 66 valence electrons. The summed E-state index contributed by atoms with van der Waals surface area (Å²) in [4.78, 5) is 0. The first-order chi connectivity index (χ1) is 5.50. The van der Waals surface area contributed by atoms with Crippen LogP contribution >= 0.6 is 0 Å². The lowest BCUT2D eigenvalue weighted by Gasteiger charge is -2.09. The summed E-state index contributed by atoms with van der Waals surface area (Å²) in [5, 5.41) is 0. The first kappa shape index (κ1) is 9.18. The molecule has 0 amide bonds. The second-order valence-corrected chi connectivity index (χ2v) is 2.90. The molecule has 1 atom stereocenters. The molecule has 0 saturated heterocycles. The summed E-state index contributed by atoms with van der Waals surface area (Å²) in [5.41, 5.74) is -0.501. The summed E-state index contributed by atoms with van der Waals surface area (Å²) in [7, 11) is 0. The molecule has 0 N–H and O–H groups in total. The van der Waals surface area contributed by atoms with Crippen LogP contribution in [-0.4, -0.2) is 6.18 Å². The lowest BCUT2D eigenvalue weighted by molar-refractivity contribution is -0.0941. The predicted molar refractivity (Wildman–Crippen MR) is 40.3 cm³/mol. The van der Waals surface area contributed by atoms with Crippen LogP contribution in [-0.2, 0) is 0 Å². The topological polar surface area (TPSA) is 0 Å². The molecule has 0 aliphatic heterocycles. The molecule has 0 spiro atoms. The SMILES string of the molecule is CC1C#CC=C(C(F)(F)F)CC1. The third-order valence-corrected chi connectivity index (χ3v) is 1.79. The lowest BCUT2D eigenvalue weighted by Crippen LogP contribution is -2.11. The van der Waals surface area contributed by atoms with Gasteiger partial charge in [0.1, 0.15) is 0 Å². The first-order valence-corrected chi connectivity index (χ1v) is 3.77. The van der Waals surface area contributed by atoms with Gasteiger partial charge in [-0.2, -0.15) is 13.2 Å². The largest absolute Gasteiger partial charge is 0.413 e. The maximum Gasteiger partial charge on any atom is 0.413 e. The highest BCUT2D eigenvalue weighted by Crippen LogP contribution is 2.30. The maximum absolute atomic E-state index is 12.1. The highest BCUT2D eigenvalue weighted by atomic mass is 19.4. The van der Waals surface area contributed by atoms with E-state index in [-0.39, 0.29) is 12.3 Å². The number of hydrogen-bond donors (Lipinski definition) is 0. The minimum atomic E-state index is -4.20. The lowest BCUT2D eigenvalue weighted by atomic mass is 10.0. The van der Waals surface area contributed by atoms with Crippen molar-refractivity contribution in [1.29, 1.82) is 0 Å². The van der Waals surface area contributed by atoms with Crippen molar-refractivity contribution in [1.82, 2.24) is 0 Å². The molecule has 1 aliphatic rings. The molecule has 0 bridgehead atoms. The molecular formula is C9H9F3. The number of halogens is 3. The van der Waals surface area contributed by atoms with E-state index in [9.17, 15) is 13.2 Å². The highest BCUT2D eigenvalue weighted by molar-refractivity contribution is 5.27. The standard InChI is InChI=1S/C9H9F3/c1-7-3-2-4-8(6-5-7)9(10,11)12/h4,7H,5-6H2,1H3. The van der Waals surface area contributed by atoms with Crippen LogP contribution in [0.15, 0.2) is 11.6 Å². The summed E-state index contributed by atoms with van der Waals surface area (Å²) < 4.78 is 36.3. The van der Waals surface area contributed by atoms with Gasteiger partial charge in [-0.25, -0.2) is 0 Å². The molecule has 0 aromatic carbocycles. The fourth-order valence-corrected chi connectivity index (χ4v) is 1.01. The van der Waals surface area contributed by atoms with E-state index >= 15 is 0 Å². The smallest absolute Gasteiger partial charge is 0.166 e. The Morgan fingerprint density at radius 2 is 2.17 bits per heavy atom. The molecule has 1 aliphatic carbocycles. The van der Waals surface area contributed by atoms with Crippen LogP contribution in [0.25, 0.3) is 0 Å². The van der Waals surface area contributed by atoms with Crippen molar-refractivity contribution in [2.45, 2.75) is 25.9 Å². The van der Waals surface area contributed by atoms with E-state index in [1.54, 1.807) is 0 Å². The molecule has 3 heteroatoms. The number of alkyl halides is 3. The minimum absolute atomic E-state index is 0.0705. The van der Waals surface area contributed by atoms with Crippen LogP contribution in [0.1, 0.15) is 19.8 Å².